The lowest BCUT2D eigenvalue weighted by atomic mass is 9.89. The molecule has 1 aromatic rings. The molecule has 1 unspecified atom stereocenters. The Bertz CT molecular complexity index is 507. The molecule has 2 aliphatic rings. The Labute approximate surface area is 112 Å². The van der Waals surface area contributed by atoms with E-state index in [1.807, 2.05) is 26.0 Å². The van der Waals surface area contributed by atoms with E-state index in [-0.39, 0.29) is 11.5 Å². The fraction of sp³-hybridized carbons (Fsp3) is 0.571. The molecule has 1 aliphatic heterocycles. The highest BCUT2D eigenvalue weighted by molar-refractivity contribution is 6.32. The second kappa shape index (κ2) is 3.55. The Hall–Kier alpha value is -0.930. The maximum Gasteiger partial charge on any atom is 0.246 e. The lowest BCUT2D eigenvalue weighted by Gasteiger charge is -2.20. The van der Waals surface area contributed by atoms with Gasteiger partial charge in [-0.05, 0) is 37.5 Å². The van der Waals surface area contributed by atoms with E-state index >= 15 is 0 Å². The Kier molecular flexibility index (Phi) is 2.39. The molecule has 0 amide bonds. The zero-order chi connectivity index (χ0) is 13.1. The highest BCUT2D eigenvalue weighted by Crippen LogP contribution is 2.54. The smallest absolute Gasteiger partial charge is 0.246 e. The molecule has 3 nitrogen and oxygen atoms in total. The van der Waals surface area contributed by atoms with E-state index < -0.39 is 5.79 Å². The predicted molar refractivity (Wildman–Crippen MR) is 71.3 cm³/mol. The van der Waals surface area contributed by atoms with E-state index in [4.69, 9.17) is 26.8 Å². The number of nitrogens with two attached hydrogens (primary N) is 1. The maximum atomic E-state index is 6.29. The quantitative estimate of drug-likeness (QED) is 0.895. The summed E-state index contributed by atoms with van der Waals surface area (Å²) < 4.78 is 11.5. The molecule has 2 N–H and O–H groups in total. The van der Waals surface area contributed by atoms with Gasteiger partial charge in [0.05, 0.1) is 5.02 Å². The molecular weight excluding hydrogens is 250 g/mol. The van der Waals surface area contributed by atoms with Gasteiger partial charge in [0.25, 0.3) is 0 Å². The van der Waals surface area contributed by atoms with Crippen LogP contribution < -0.4 is 15.2 Å². The van der Waals surface area contributed by atoms with Gasteiger partial charge in [0.15, 0.2) is 11.5 Å². The van der Waals surface area contributed by atoms with E-state index in [9.17, 15) is 0 Å². The first kappa shape index (κ1) is 12.1. The van der Waals surface area contributed by atoms with Gasteiger partial charge in [0.1, 0.15) is 0 Å². The van der Waals surface area contributed by atoms with Crippen LogP contribution in [-0.2, 0) is 5.41 Å². The van der Waals surface area contributed by atoms with E-state index in [1.54, 1.807) is 0 Å². The molecule has 98 valence electrons. The molecule has 1 aliphatic carbocycles. The van der Waals surface area contributed by atoms with Gasteiger partial charge >= 0.3 is 0 Å². The minimum Gasteiger partial charge on any atom is -0.449 e. The summed E-state index contributed by atoms with van der Waals surface area (Å²) in [4.78, 5) is 0. The SMILES string of the molecule is CC(N)C1(c2cc(Cl)c3c(c2)OC(C)(C)O3)CC1. The monoisotopic (exact) mass is 267 g/mol. The minimum absolute atomic E-state index is 0.0781. The fourth-order valence-electron chi connectivity index (χ4n) is 2.70. The maximum absolute atomic E-state index is 6.29. The van der Waals surface area contributed by atoms with Crippen molar-refractivity contribution < 1.29 is 9.47 Å². The topological polar surface area (TPSA) is 44.5 Å². The molecule has 4 heteroatoms. The number of hydrogen-bond donors (Lipinski definition) is 1. The molecule has 1 atom stereocenters. The van der Waals surface area contributed by atoms with Crippen LogP contribution in [0, 0.1) is 0 Å². The Morgan fingerprint density at radius 1 is 1.28 bits per heavy atom. The van der Waals surface area contributed by atoms with Crippen molar-refractivity contribution in [1.29, 1.82) is 0 Å². The molecule has 3 rings (SSSR count). The first-order chi connectivity index (χ1) is 8.34. The van der Waals surface area contributed by atoms with Crippen LogP contribution in [0.1, 0.15) is 39.2 Å². The normalized spacial score (nSPS) is 23.8. The zero-order valence-corrected chi connectivity index (χ0v) is 11.7. The molecule has 1 aromatic carbocycles. The molecular formula is C14H18ClNO2. The van der Waals surface area contributed by atoms with Gasteiger partial charge < -0.3 is 15.2 Å². The second-order valence-electron chi connectivity index (χ2n) is 5.83. The summed E-state index contributed by atoms with van der Waals surface area (Å²) in [6, 6.07) is 4.13. The predicted octanol–water partition coefficient (Wildman–Crippen LogP) is 3.23. The van der Waals surface area contributed by atoms with Crippen LogP contribution >= 0.6 is 11.6 Å². The van der Waals surface area contributed by atoms with Crippen molar-refractivity contribution in [3.05, 3.63) is 22.7 Å². The van der Waals surface area contributed by atoms with Crippen LogP contribution in [0.2, 0.25) is 5.02 Å². The van der Waals surface area contributed by atoms with Crippen molar-refractivity contribution >= 4 is 11.6 Å². The van der Waals surface area contributed by atoms with E-state index in [1.165, 1.54) is 5.56 Å². The van der Waals surface area contributed by atoms with E-state index in [0.29, 0.717) is 10.8 Å². The van der Waals surface area contributed by atoms with Gasteiger partial charge in [-0.25, -0.2) is 0 Å². The molecule has 0 saturated heterocycles. The third kappa shape index (κ3) is 1.69. The van der Waals surface area contributed by atoms with Crippen molar-refractivity contribution in [2.75, 3.05) is 0 Å². The van der Waals surface area contributed by atoms with Gasteiger partial charge in [0.2, 0.25) is 5.79 Å². The van der Waals surface area contributed by atoms with Crippen molar-refractivity contribution in [3.8, 4) is 11.5 Å². The zero-order valence-electron chi connectivity index (χ0n) is 10.9. The molecule has 0 spiro atoms. The van der Waals surface area contributed by atoms with Crippen molar-refractivity contribution in [2.24, 2.45) is 5.73 Å². The summed E-state index contributed by atoms with van der Waals surface area (Å²) in [6.45, 7) is 5.80. The summed E-state index contributed by atoms with van der Waals surface area (Å²) >= 11 is 6.29. The molecule has 0 radical (unpaired) electrons. The first-order valence-corrected chi connectivity index (χ1v) is 6.69. The first-order valence-electron chi connectivity index (χ1n) is 6.32. The third-order valence-electron chi connectivity index (χ3n) is 3.95. The Balaban J connectivity index is 2.05. The molecule has 1 fully saturated rings. The summed E-state index contributed by atoms with van der Waals surface area (Å²) in [5, 5.41) is 0.611. The molecule has 0 aromatic heterocycles. The summed E-state index contributed by atoms with van der Waals surface area (Å²) in [5.74, 6) is 0.732. The lowest BCUT2D eigenvalue weighted by Crippen LogP contribution is -2.31. The van der Waals surface area contributed by atoms with Crippen LogP contribution in [0.4, 0.5) is 0 Å². The van der Waals surface area contributed by atoms with Crippen LogP contribution in [0.5, 0.6) is 11.5 Å². The number of hydrogen-bond acceptors (Lipinski definition) is 3. The number of benzene rings is 1. The number of ether oxygens (including phenoxy) is 2. The average molecular weight is 268 g/mol. The van der Waals surface area contributed by atoms with Gasteiger partial charge in [-0.15, -0.1) is 0 Å². The van der Waals surface area contributed by atoms with Crippen molar-refractivity contribution in [3.63, 3.8) is 0 Å². The Morgan fingerprint density at radius 3 is 2.50 bits per heavy atom. The van der Waals surface area contributed by atoms with Crippen LogP contribution in [0.25, 0.3) is 0 Å². The highest BCUT2D eigenvalue weighted by Gasteiger charge is 2.48. The van der Waals surface area contributed by atoms with Crippen molar-refractivity contribution in [2.45, 2.75) is 50.9 Å². The summed E-state index contributed by atoms with van der Waals surface area (Å²) in [5.41, 5.74) is 7.35. The van der Waals surface area contributed by atoms with Gasteiger partial charge in [0, 0.05) is 25.3 Å². The molecule has 1 saturated carbocycles. The third-order valence-corrected chi connectivity index (χ3v) is 4.23. The fourth-order valence-corrected chi connectivity index (χ4v) is 2.95. The van der Waals surface area contributed by atoms with Gasteiger partial charge in [-0.2, -0.15) is 0 Å². The van der Waals surface area contributed by atoms with Crippen LogP contribution in [0.15, 0.2) is 12.1 Å². The summed E-state index contributed by atoms with van der Waals surface area (Å²) in [6.07, 6.45) is 2.23. The number of halogens is 1. The molecule has 1 heterocycles. The van der Waals surface area contributed by atoms with Crippen LogP contribution in [-0.4, -0.2) is 11.8 Å². The molecule has 0 bridgehead atoms. The van der Waals surface area contributed by atoms with Crippen LogP contribution in [0.3, 0.4) is 0 Å². The average Bonchev–Trinajstić information content (AvgIpc) is 2.98. The van der Waals surface area contributed by atoms with Gasteiger partial charge in [-0.3, -0.25) is 0 Å². The minimum atomic E-state index is -0.643. The lowest BCUT2D eigenvalue weighted by molar-refractivity contribution is -0.0431. The standard InChI is InChI=1S/C14H18ClNO2/c1-8(16)14(4-5-14)9-6-10(15)12-11(7-9)17-13(2,3)18-12/h6-8H,4-5,16H2,1-3H3. The highest BCUT2D eigenvalue weighted by atomic mass is 35.5. The molecule has 18 heavy (non-hydrogen) atoms. The van der Waals surface area contributed by atoms with E-state index in [2.05, 4.69) is 6.92 Å². The largest absolute Gasteiger partial charge is 0.449 e. The Morgan fingerprint density at radius 2 is 1.94 bits per heavy atom. The second-order valence-corrected chi connectivity index (χ2v) is 6.24. The number of rotatable bonds is 2. The number of fused-ring (bicyclic) bond motifs is 1. The van der Waals surface area contributed by atoms with Gasteiger partial charge in [-0.1, -0.05) is 11.6 Å². The van der Waals surface area contributed by atoms with E-state index in [0.717, 1.165) is 18.6 Å². The van der Waals surface area contributed by atoms with Crippen molar-refractivity contribution in [1.82, 2.24) is 0 Å². The summed E-state index contributed by atoms with van der Waals surface area (Å²) in [7, 11) is 0.